The molecule has 6 heteroatoms. The average molecular weight is 294 g/mol. The van der Waals surface area contributed by atoms with Gasteiger partial charge >= 0.3 is 0 Å². The standard InChI is InChI=1S/C16H11FN4O/c17-11-6-4-10(5-7-11)8-15-19-16(22-21-15)12-2-1-3-14-13(12)9-18-20-14/h1-7,9H,8H2,(H,18,20). The van der Waals surface area contributed by atoms with Crippen LogP contribution in [-0.2, 0) is 6.42 Å². The van der Waals surface area contributed by atoms with Gasteiger partial charge in [0.1, 0.15) is 5.82 Å². The van der Waals surface area contributed by atoms with Gasteiger partial charge in [-0.05, 0) is 29.8 Å². The summed E-state index contributed by atoms with van der Waals surface area (Å²) in [6, 6.07) is 12.0. The van der Waals surface area contributed by atoms with Gasteiger partial charge in [-0.1, -0.05) is 23.4 Å². The molecule has 0 aliphatic rings. The minimum absolute atomic E-state index is 0.260. The normalized spacial score (nSPS) is 11.1. The first kappa shape index (κ1) is 12.7. The Labute approximate surface area is 124 Å². The van der Waals surface area contributed by atoms with Gasteiger partial charge in [-0.15, -0.1) is 0 Å². The highest BCUT2D eigenvalue weighted by atomic mass is 19.1. The molecule has 0 aliphatic heterocycles. The lowest BCUT2D eigenvalue weighted by atomic mass is 10.1. The second kappa shape index (κ2) is 5.07. The van der Waals surface area contributed by atoms with E-state index in [9.17, 15) is 4.39 Å². The van der Waals surface area contributed by atoms with E-state index in [0.29, 0.717) is 18.1 Å². The molecule has 2 aromatic heterocycles. The van der Waals surface area contributed by atoms with Gasteiger partial charge in [-0.2, -0.15) is 10.1 Å². The fraction of sp³-hybridized carbons (Fsp3) is 0.0625. The number of rotatable bonds is 3. The summed E-state index contributed by atoms with van der Waals surface area (Å²) in [5.74, 6) is 0.746. The van der Waals surface area contributed by atoms with E-state index < -0.39 is 0 Å². The summed E-state index contributed by atoms with van der Waals surface area (Å²) in [5.41, 5.74) is 2.68. The van der Waals surface area contributed by atoms with E-state index in [1.165, 1.54) is 12.1 Å². The topological polar surface area (TPSA) is 67.6 Å². The Morgan fingerprint density at radius 2 is 1.95 bits per heavy atom. The molecule has 0 fully saturated rings. The summed E-state index contributed by atoms with van der Waals surface area (Å²) >= 11 is 0. The van der Waals surface area contributed by atoms with E-state index in [4.69, 9.17) is 4.52 Å². The van der Waals surface area contributed by atoms with Gasteiger partial charge in [0, 0.05) is 11.8 Å². The number of halogens is 1. The maximum atomic E-state index is 12.9. The molecule has 0 saturated carbocycles. The maximum absolute atomic E-state index is 12.9. The molecule has 2 heterocycles. The minimum Gasteiger partial charge on any atom is -0.334 e. The Hall–Kier alpha value is -3.02. The third kappa shape index (κ3) is 2.24. The number of hydrogen-bond donors (Lipinski definition) is 1. The molecule has 22 heavy (non-hydrogen) atoms. The van der Waals surface area contributed by atoms with E-state index in [-0.39, 0.29) is 5.82 Å². The number of nitrogens with zero attached hydrogens (tertiary/aromatic N) is 3. The van der Waals surface area contributed by atoms with E-state index >= 15 is 0 Å². The van der Waals surface area contributed by atoms with Gasteiger partial charge in [0.25, 0.3) is 5.89 Å². The Bertz CT molecular complexity index is 927. The maximum Gasteiger partial charge on any atom is 0.258 e. The third-order valence-corrected chi connectivity index (χ3v) is 3.46. The molecule has 108 valence electrons. The number of fused-ring (bicyclic) bond motifs is 1. The largest absolute Gasteiger partial charge is 0.334 e. The molecule has 4 rings (SSSR count). The highest BCUT2D eigenvalue weighted by Crippen LogP contribution is 2.26. The van der Waals surface area contributed by atoms with Crippen LogP contribution in [0.4, 0.5) is 4.39 Å². The number of aromatic nitrogens is 4. The molecular formula is C16H11FN4O. The number of benzene rings is 2. The Kier molecular flexibility index (Phi) is 2.93. The van der Waals surface area contributed by atoms with Crippen molar-refractivity contribution in [2.45, 2.75) is 6.42 Å². The lowest BCUT2D eigenvalue weighted by molar-refractivity contribution is 0.424. The number of hydrogen-bond acceptors (Lipinski definition) is 4. The first-order chi connectivity index (χ1) is 10.8. The van der Waals surface area contributed by atoms with E-state index in [2.05, 4.69) is 20.3 Å². The molecular weight excluding hydrogens is 283 g/mol. The summed E-state index contributed by atoms with van der Waals surface area (Å²) in [4.78, 5) is 4.41. The number of nitrogens with one attached hydrogen (secondary N) is 1. The van der Waals surface area contributed by atoms with Crippen LogP contribution in [0.5, 0.6) is 0 Å². The van der Waals surface area contributed by atoms with Gasteiger partial charge in [-0.3, -0.25) is 5.10 Å². The molecule has 0 radical (unpaired) electrons. The number of H-pyrrole nitrogens is 1. The van der Waals surface area contributed by atoms with Crippen LogP contribution < -0.4 is 0 Å². The van der Waals surface area contributed by atoms with Gasteiger partial charge in [-0.25, -0.2) is 4.39 Å². The van der Waals surface area contributed by atoms with Crippen molar-refractivity contribution in [1.82, 2.24) is 20.3 Å². The van der Waals surface area contributed by atoms with Crippen molar-refractivity contribution < 1.29 is 8.91 Å². The smallest absolute Gasteiger partial charge is 0.258 e. The van der Waals surface area contributed by atoms with Crippen LogP contribution in [0.25, 0.3) is 22.4 Å². The molecule has 0 amide bonds. The predicted octanol–water partition coefficient (Wildman–Crippen LogP) is 3.34. The second-order valence-electron chi connectivity index (χ2n) is 4.96. The fourth-order valence-corrected chi connectivity index (χ4v) is 2.37. The minimum atomic E-state index is -0.260. The van der Waals surface area contributed by atoms with Crippen LogP contribution in [0.2, 0.25) is 0 Å². The summed E-state index contributed by atoms with van der Waals surface area (Å²) in [7, 11) is 0. The zero-order valence-corrected chi connectivity index (χ0v) is 11.5. The molecule has 4 aromatic rings. The lowest BCUT2D eigenvalue weighted by Gasteiger charge is -1.96. The molecule has 0 aliphatic carbocycles. The van der Waals surface area contributed by atoms with Crippen molar-refractivity contribution >= 4 is 10.9 Å². The molecule has 1 N–H and O–H groups in total. The van der Waals surface area contributed by atoms with Gasteiger partial charge in [0.2, 0.25) is 0 Å². The van der Waals surface area contributed by atoms with Crippen LogP contribution in [0.1, 0.15) is 11.4 Å². The van der Waals surface area contributed by atoms with Gasteiger partial charge in [0.05, 0.1) is 17.3 Å². The van der Waals surface area contributed by atoms with Crippen LogP contribution in [0.15, 0.2) is 53.2 Å². The Morgan fingerprint density at radius 3 is 2.82 bits per heavy atom. The SMILES string of the molecule is Fc1ccc(Cc2noc(-c3cccc4[nH]ncc34)n2)cc1. The van der Waals surface area contributed by atoms with Crippen LogP contribution in [-0.4, -0.2) is 20.3 Å². The predicted molar refractivity (Wildman–Crippen MR) is 78.6 cm³/mol. The first-order valence-electron chi connectivity index (χ1n) is 6.79. The first-order valence-corrected chi connectivity index (χ1v) is 6.79. The summed E-state index contributed by atoms with van der Waals surface area (Å²) in [6.45, 7) is 0. The molecule has 0 atom stereocenters. The Morgan fingerprint density at radius 1 is 1.09 bits per heavy atom. The van der Waals surface area contributed by atoms with E-state index in [0.717, 1.165) is 22.0 Å². The zero-order chi connectivity index (χ0) is 14.9. The van der Waals surface area contributed by atoms with E-state index in [1.807, 2.05) is 18.2 Å². The zero-order valence-electron chi connectivity index (χ0n) is 11.5. The fourth-order valence-electron chi connectivity index (χ4n) is 2.37. The molecule has 0 bridgehead atoms. The molecule has 0 unspecified atom stereocenters. The van der Waals surface area contributed by atoms with Crippen LogP contribution >= 0.6 is 0 Å². The van der Waals surface area contributed by atoms with Crippen LogP contribution in [0, 0.1) is 5.82 Å². The van der Waals surface area contributed by atoms with Crippen molar-refractivity contribution in [1.29, 1.82) is 0 Å². The van der Waals surface area contributed by atoms with Gasteiger partial charge < -0.3 is 4.52 Å². The third-order valence-electron chi connectivity index (χ3n) is 3.46. The quantitative estimate of drug-likeness (QED) is 0.629. The molecule has 0 spiro atoms. The van der Waals surface area contributed by atoms with Crippen molar-refractivity contribution in [2.75, 3.05) is 0 Å². The van der Waals surface area contributed by atoms with Crippen molar-refractivity contribution in [3.8, 4) is 11.5 Å². The molecule has 5 nitrogen and oxygen atoms in total. The highest BCUT2D eigenvalue weighted by molar-refractivity contribution is 5.91. The van der Waals surface area contributed by atoms with Gasteiger partial charge in [0.15, 0.2) is 5.82 Å². The second-order valence-corrected chi connectivity index (χ2v) is 4.96. The lowest BCUT2D eigenvalue weighted by Crippen LogP contribution is -1.91. The molecule has 2 aromatic carbocycles. The number of aromatic amines is 1. The van der Waals surface area contributed by atoms with Crippen molar-refractivity contribution in [3.05, 3.63) is 65.9 Å². The Balaban J connectivity index is 1.66. The van der Waals surface area contributed by atoms with Crippen molar-refractivity contribution in [3.63, 3.8) is 0 Å². The van der Waals surface area contributed by atoms with Crippen molar-refractivity contribution in [2.24, 2.45) is 0 Å². The monoisotopic (exact) mass is 294 g/mol. The summed E-state index contributed by atoms with van der Waals surface area (Å²) in [6.07, 6.45) is 2.22. The molecule has 0 saturated heterocycles. The summed E-state index contributed by atoms with van der Waals surface area (Å²) in [5, 5.41) is 11.8. The highest BCUT2D eigenvalue weighted by Gasteiger charge is 2.13. The van der Waals surface area contributed by atoms with E-state index in [1.54, 1.807) is 18.3 Å². The van der Waals surface area contributed by atoms with Crippen LogP contribution in [0.3, 0.4) is 0 Å². The summed E-state index contributed by atoms with van der Waals surface area (Å²) < 4.78 is 18.3. The average Bonchev–Trinajstić information content (AvgIpc) is 3.18.